The van der Waals surface area contributed by atoms with E-state index in [2.05, 4.69) is 27.3 Å². The molecule has 0 heterocycles. The van der Waals surface area contributed by atoms with Crippen LogP contribution in [0.15, 0.2) is 22.7 Å². The van der Waals surface area contributed by atoms with E-state index in [9.17, 15) is 4.79 Å². The van der Waals surface area contributed by atoms with E-state index < -0.39 is 0 Å². The van der Waals surface area contributed by atoms with Crippen LogP contribution in [-0.2, 0) is 4.79 Å². The van der Waals surface area contributed by atoms with E-state index in [0.29, 0.717) is 12.1 Å². The fraction of sp³-hybridized carbons (Fsp3) is 0.385. The fourth-order valence-corrected chi connectivity index (χ4v) is 2.41. The average molecular weight is 310 g/mol. The maximum absolute atomic E-state index is 11.5. The first-order valence-electron chi connectivity index (χ1n) is 5.62. The molecule has 0 saturated heterocycles. The van der Waals surface area contributed by atoms with Crippen LogP contribution in [0.3, 0.4) is 0 Å². The van der Waals surface area contributed by atoms with Gasteiger partial charge in [-0.05, 0) is 34.1 Å². The molecule has 0 aromatic heterocycles. The van der Waals surface area contributed by atoms with Gasteiger partial charge in [-0.25, -0.2) is 0 Å². The lowest BCUT2D eigenvalue weighted by molar-refractivity contribution is -0.123. The molecular weight excluding hydrogens is 294 g/mol. The number of nitriles is 1. The zero-order chi connectivity index (χ0) is 13.7. The van der Waals surface area contributed by atoms with Gasteiger partial charge in [-0.15, -0.1) is 0 Å². The van der Waals surface area contributed by atoms with Crippen molar-refractivity contribution in [3.63, 3.8) is 0 Å². The van der Waals surface area contributed by atoms with Crippen molar-refractivity contribution in [1.82, 2.24) is 5.32 Å². The van der Waals surface area contributed by atoms with E-state index in [0.717, 1.165) is 10.2 Å². The predicted molar refractivity (Wildman–Crippen MR) is 75.4 cm³/mol. The lowest BCUT2D eigenvalue weighted by atomic mass is 10.1. The largest absolute Gasteiger partial charge is 0.373 e. The summed E-state index contributed by atoms with van der Waals surface area (Å²) in [6.45, 7) is 2.50. The first-order chi connectivity index (χ1) is 8.49. The summed E-state index contributed by atoms with van der Waals surface area (Å²) >= 11 is 3.44. The third kappa shape index (κ3) is 3.47. The van der Waals surface area contributed by atoms with Gasteiger partial charge in [-0.1, -0.05) is 6.92 Å². The molecule has 0 bridgehead atoms. The standard InChI is InChI=1S/C13H16BrN3O/c1-9(13(18)16-2)8-17(3)12-5-4-10(7-15)6-11(12)14/h4-6,9H,8H2,1-3H3,(H,16,18). The number of carbonyl (C=O) groups excluding carboxylic acids is 1. The number of hydrogen-bond acceptors (Lipinski definition) is 3. The molecule has 0 aliphatic carbocycles. The molecule has 1 rings (SSSR count). The van der Waals surface area contributed by atoms with Crippen molar-refractivity contribution in [3.05, 3.63) is 28.2 Å². The molecule has 1 atom stereocenters. The first-order valence-corrected chi connectivity index (χ1v) is 6.41. The maximum Gasteiger partial charge on any atom is 0.224 e. The maximum atomic E-state index is 11.5. The molecule has 1 unspecified atom stereocenters. The summed E-state index contributed by atoms with van der Waals surface area (Å²) in [5.41, 5.74) is 1.57. The third-order valence-corrected chi connectivity index (χ3v) is 3.36. The van der Waals surface area contributed by atoms with E-state index in [1.165, 1.54) is 0 Å². The van der Waals surface area contributed by atoms with Gasteiger partial charge >= 0.3 is 0 Å². The van der Waals surface area contributed by atoms with Gasteiger partial charge in [0.1, 0.15) is 0 Å². The van der Waals surface area contributed by atoms with Crippen molar-refractivity contribution < 1.29 is 4.79 Å². The summed E-state index contributed by atoms with van der Waals surface area (Å²) in [6, 6.07) is 7.50. The molecule has 5 heteroatoms. The van der Waals surface area contributed by atoms with Crippen LogP contribution >= 0.6 is 15.9 Å². The van der Waals surface area contributed by atoms with Gasteiger partial charge in [0.25, 0.3) is 0 Å². The number of amides is 1. The molecule has 1 N–H and O–H groups in total. The second kappa shape index (κ2) is 6.41. The summed E-state index contributed by atoms with van der Waals surface area (Å²) in [7, 11) is 3.56. The van der Waals surface area contributed by atoms with Crippen LogP contribution in [0.5, 0.6) is 0 Å². The average Bonchev–Trinajstić information content (AvgIpc) is 2.37. The van der Waals surface area contributed by atoms with E-state index in [-0.39, 0.29) is 11.8 Å². The highest BCUT2D eigenvalue weighted by Gasteiger charge is 2.15. The van der Waals surface area contributed by atoms with Crippen LogP contribution in [-0.4, -0.2) is 26.5 Å². The minimum Gasteiger partial charge on any atom is -0.373 e. The number of halogens is 1. The fourth-order valence-electron chi connectivity index (χ4n) is 1.72. The molecule has 18 heavy (non-hydrogen) atoms. The Kier molecular flexibility index (Phi) is 5.17. The molecule has 1 aromatic carbocycles. The Morgan fingerprint density at radius 2 is 2.28 bits per heavy atom. The molecule has 0 aliphatic rings. The SMILES string of the molecule is CNC(=O)C(C)CN(C)c1ccc(C#N)cc1Br. The van der Waals surface area contributed by atoms with Crippen LogP contribution < -0.4 is 10.2 Å². The quantitative estimate of drug-likeness (QED) is 0.927. The van der Waals surface area contributed by atoms with Crippen molar-refractivity contribution in [3.8, 4) is 6.07 Å². The molecule has 0 spiro atoms. The summed E-state index contributed by atoms with van der Waals surface area (Å²) < 4.78 is 0.855. The summed E-state index contributed by atoms with van der Waals surface area (Å²) in [5, 5.41) is 11.4. The Labute approximate surface area is 116 Å². The van der Waals surface area contributed by atoms with Crippen LogP contribution in [0.2, 0.25) is 0 Å². The Morgan fingerprint density at radius 3 is 2.78 bits per heavy atom. The van der Waals surface area contributed by atoms with Crippen molar-refractivity contribution >= 4 is 27.5 Å². The number of hydrogen-bond donors (Lipinski definition) is 1. The topological polar surface area (TPSA) is 56.1 Å². The van der Waals surface area contributed by atoms with Crippen LogP contribution in [0, 0.1) is 17.2 Å². The van der Waals surface area contributed by atoms with E-state index in [4.69, 9.17) is 5.26 Å². The molecule has 0 aliphatic heterocycles. The van der Waals surface area contributed by atoms with E-state index in [1.807, 2.05) is 24.9 Å². The highest BCUT2D eigenvalue weighted by Crippen LogP contribution is 2.26. The Bertz CT molecular complexity index is 482. The lowest BCUT2D eigenvalue weighted by Gasteiger charge is -2.23. The highest BCUT2D eigenvalue weighted by molar-refractivity contribution is 9.10. The number of carbonyl (C=O) groups is 1. The van der Waals surface area contributed by atoms with Gasteiger partial charge in [0.05, 0.1) is 23.2 Å². The van der Waals surface area contributed by atoms with Gasteiger partial charge < -0.3 is 10.2 Å². The number of anilines is 1. The third-order valence-electron chi connectivity index (χ3n) is 2.73. The van der Waals surface area contributed by atoms with Crippen LogP contribution in [0.1, 0.15) is 12.5 Å². The Balaban J connectivity index is 2.82. The zero-order valence-corrected chi connectivity index (χ0v) is 12.3. The van der Waals surface area contributed by atoms with Crippen LogP contribution in [0.4, 0.5) is 5.69 Å². The Morgan fingerprint density at radius 1 is 1.61 bits per heavy atom. The van der Waals surface area contributed by atoms with Gasteiger partial charge in [-0.3, -0.25) is 4.79 Å². The van der Waals surface area contributed by atoms with Crippen molar-refractivity contribution in [1.29, 1.82) is 5.26 Å². The van der Waals surface area contributed by atoms with Gasteiger partial charge in [0.15, 0.2) is 0 Å². The second-order valence-electron chi connectivity index (χ2n) is 4.17. The normalized spacial score (nSPS) is 11.5. The minimum atomic E-state index is -0.0949. The smallest absolute Gasteiger partial charge is 0.224 e. The number of benzene rings is 1. The molecule has 1 aromatic rings. The molecule has 96 valence electrons. The van der Waals surface area contributed by atoms with Gasteiger partial charge in [0.2, 0.25) is 5.91 Å². The molecule has 0 fully saturated rings. The second-order valence-corrected chi connectivity index (χ2v) is 5.03. The van der Waals surface area contributed by atoms with E-state index in [1.54, 1.807) is 19.2 Å². The number of nitrogens with one attached hydrogen (secondary N) is 1. The molecule has 1 amide bonds. The predicted octanol–water partition coefficient (Wildman–Crippen LogP) is 2.14. The Hall–Kier alpha value is -1.54. The van der Waals surface area contributed by atoms with Crippen molar-refractivity contribution in [2.24, 2.45) is 5.92 Å². The monoisotopic (exact) mass is 309 g/mol. The molecule has 4 nitrogen and oxygen atoms in total. The minimum absolute atomic E-state index is 0.0200. The number of nitrogens with zero attached hydrogens (tertiary/aromatic N) is 2. The molecular formula is C13H16BrN3O. The molecule has 0 saturated carbocycles. The highest BCUT2D eigenvalue weighted by atomic mass is 79.9. The van der Waals surface area contributed by atoms with Crippen LogP contribution in [0.25, 0.3) is 0 Å². The first kappa shape index (κ1) is 14.5. The summed E-state index contributed by atoms with van der Waals surface area (Å²) in [6.07, 6.45) is 0. The van der Waals surface area contributed by atoms with Crippen molar-refractivity contribution in [2.75, 3.05) is 25.5 Å². The van der Waals surface area contributed by atoms with Gasteiger partial charge in [0, 0.05) is 25.1 Å². The summed E-state index contributed by atoms with van der Waals surface area (Å²) in [5.74, 6) is -0.0749. The van der Waals surface area contributed by atoms with E-state index >= 15 is 0 Å². The van der Waals surface area contributed by atoms with Gasteiger partial charge in [-0.2, -0.15) is 5.26 Å². The lowest BCUT2D eigenvalue weighted by Crippen LogP contribution is -2.34. The summed E-state index contributed by atoms with van der Waals surface area (Å²) in [4.78, 5) is 13.5. The molecule has 0 radical (unpaired) electrons. The van der Waals surface area contributed by atoms with Crippen molar-refractivity contribution in [2.45, 2.75) is 6.92 Å². The number of rotatable bonds is 4. The zero-order valence-electron chi connectivity index (χ0n) is 10.7.